The molecule has 1 N–H and O–H groups in total. The summed E-state index contributed by atoms with van der Waals surface area (Å²) < 4.78 is 5.55. The van der Waals surface area contributed by atoms with Crippen LogP contribution in [0.5, 0.6) is 0 Å². The number of carboxylic acid groups (broad SMARTS) is 1. The van der Waals surface area contributed by atoms with Crippen molar-refractivity contribution in [1.82, 2.24) is 4.90 Å². The molecule has 1 aromatic carbocycles. The number of fused-ring (bicyclic) bond motifs is 1. The van der Waals surface area contributed by atoms with E-state index in [1.165, 1.54) is 6.07 Å². The molecule has 1 aliphatic rings. The van der Waals surface area contributed by atoms with Crippen LogP contribution in [0.1, 0.15) is 43.1 Å². The van der Waals surface area contributed by atoms with Crippen molar-refractivity contribution >= 4 is 17.7 Å². The Hall–Kier alpha value is -2.08. The smallest absolute Gasteiger partial charge is 0.414 e. The summed E-state index contributed by atoms with van der Waals surface area (Å²) in [5, 5.41) is 9.21. The second kappa shape index (κ2) is 6.81. The zero-order valence-electron chi connectivity index (χ0n) is 15.0. The van der Waals surface area contributed by atoms with E-state index in [4.69, 9.17) is 4.74 Å². The van der Waals surface area contributed by atoms with E-state index in [0.29, 0.717) is 6.54 Å². The van der Waals surface area contributed by atoms with Crippen LogP contribution in [0.4, 0.5) is 10.5 Å². The topological polar surface area (TPSA) is 70.1 Å². The Balaban J connectivity index is 2.42. The summed E-state index contributed by atoms with van der Waals surface area (Å²) in [4.78, 5) is 27.6. The Labute approximate surface area is 143 Å². The van der Waals surface area contributed by atoms with Crippen molar-refractivity contribution in [2.75, 3.05) is 25.5 Å². The van der Waals surface area contributed by atoms with Gasteiger partial charge in [-0.15, -0.1) is 0 Å². The Morgan fingerprint density at radius 1 is 1.29 bits per heavy atom. The van der Waals surface area contributed by atoms with Crippen LogP contribution in [-0.2, 0) is 11.2 Å². The van der Waals surface area contributed by atoms with Gasteiger partial charge < -0.3 is 14.7 Å². The van der Waals surface area contributed by atoms with Crippen LogP contribution in [0.15, 0.2) is 18.2 Å². The third-order valence-corrected chi connectivity index (χ3v) is 4.10. The van der Waals surface area contributed by atoms with E-state index in [1.54, 1.807) is 17.0 Å². The van der Waals surface area contributed by atoms with E-state index in [1.807, 2.05) is 34.9 Å². The summed E-state index contributed by atoms with van der Waals surface area (Å²) in [5.74, 6) is -0.963. The van der Waals surface area contributed by atoms with E-state index in [0.717, 1.165) is 24.1 Å². The highest BCUT2D eigenvalue weighted by Gasteiger charge is 2.31. The number of carboxylic acids is 1. The number of amides is 1. The molecule has 0 radical (unpaired) electrons. The van der Waals surface area contributed by atoms with Crippen molar-refractivity contribution in [3.63, 3.8) is 0 Å². The molecule has 0 spiro atoms. The highest BCUT2D eigenvalue weighted by molar-refractivity contribution is 5.92. The van der Waals surface area contributed by atoms with Gasteiger partial charge in [0.2, 0.25) is 0 Å². The number of rotatable bonds is 2. The first kappa shape index (κ1) is 18.3. The number of anilines is 1. The molecule has 0 aromatic heterocycles. The molecule has 0 unspecified atom stereocenters. The van der Waals surface area contributed by atoms with Crippen molar-refractivity contribution in [2.45, 2.75) is 45.3 Å². The Morgan fingerprint density at radius 3 is 2.50 bits per heavy atom. The highest BCUT2D eigenvalue weighted by Crippen LogP contribution is 2.30. The number of nitrogens with zero attached hydrogens (tertiary/aromatic N) is 2. The lowest BCUT2D eigenvalue weighted by molar-refractivity contribution is 0.0571. The normalized spacial score (nSPS) is 18.1. The molecule has 132 valence electrons. The zero-order chi connectivity index (χ0) is 18.1. The molecule has 0 fully saturated rings. The monoisotopic (exact) mass is 334 g/mol. The number of carbonyl (C=O) groups excluding carboxylic acids is 1. The Bertz CT molecular complexity index is 634. The molecule has 1 aromatic rings. The van der Waals surface area contributed by atoms with Crippen molar-refractivity contribution in [2.24, 2.45) is 0 Å². The van der Waals surface area contributed by atoms with Gasteiger partial charge in [-0.1, -0.05) is 0 Å². The lowest BCUT2D eigenvalue weighted by Crippen LogP contribution is -2.44. The minimum absolute atomic E-state index is 0.179. The van der Waals surface area contributed by atoms with Gasteiger partial charge in [0, 0.05) is 12.6 Å². The van der Waals surface area contributed by atoms with Crippen molar-refractivity contribution in [1.29, 1.82) is 0 Å². The molecule has 2 rings (SSSR count). The lowest BCUT2D eigenvalue weighted by atomic mass is 10.0. The van der Waals surface area contributed by atoms with Crippen molar-refractivity contribution < 1.29 is 19.4 Å². The van der Waals surface area contributed by atoms with Crippen LogP contribution in [0.25, 0.3) is 0 Å². The molecule has 1 heterocycles. The van der Waals surface area contributed by atoms with Gasteiger partial charge >= 0.3 is 12.1 Å². The van der Waals surface area contributed by atoms with Crippen LogP contribution in [0, 0.1) is 0 Å². The summed E-state index contributed by atoms with van der Waals surface area (Å²) in [6.45, 7) is 6.02. The maximum absolute atomic E-state index is 12.7. The fourth-order valence-electron chi connectivity index (χ4n) is 2.82. The first-order valence-electron chi connectivity index (χ1n) is 8.11. The average molecular weight is 334 g/mol. The number of ether oxygens (including phenoxy) is 1. The van der Waals surface area contributed by atoms with E-state index in [9.17, 15) is 14.7 Å². The molecule has 1 amide bonds. The third-order valence-electron chi connectivity index (χ3n) is 4.10. The predicted molar refractivity (Wildman–Crippen MR) is 92.8 cm³/mol. The quantitative estimate of drug-likeness (QED) is 0.900. The highest BCUT2D eigenvalue weighted by atomic mass is 16.6. The minimum Gasteiger partial charge on any atom is -0.478 e. The number of hydrogen-bond donors (Lipinski definition) is 1. The number of carbonyl (C=O) groups is 2. The van der Waals surface area contributed by atoms with Gasteiger partial charge in [-0.05, 0) is 71.5 Å². The van der Waals surface area contributed by atoms with Crippen LogP contribution >= 0.6 is 0 Å². The Kier molecular flexibility index (Phi) is 5.18. The van der Waals surface area contributed by atoms with Gasteiger partial charge in [0.15, 0.2) is 0 Å². The van der Waals surface area contributed by atoms with Crippen LogP contribution in [0.2, 0.25) is 0 Å². The Morgan fingerprint density at radius 2 is 1.96 bits per heavy atom. The SMILES string of the molecule is CN(C)[C@H]1CCc2cc(C(=O)O)ccc2N(C(=O)OC(C)(C)C)C1. The number of aromatic carboxylic acids is 1. The second-order valence-corrected chi connectivity index (χ2v) is 7.40. The molecule has 6 heteroatoms. The van der Waals surface area contributed by atoms with E-state index in [2.05, 4.69) is 4.90 Å². The molecule has 6 nitrogen and oxygen atoms in total. The molecular formula is C18H26N2O4. The van der Waals surface area contributed by atoms with Crippen LogP contribution in [0.3, 0.4) is 0 Å². The van der Waals surface area contributed by atoms with Gasteiger partial charge in [-0.3, -0.25) is 4.90 Å². The molecule has 0 aliphatic carbocycles. The fraction of sp³-hybridized carbons (Fsp3) is 0.556. The molecule has 1 atom stereocenters. The van der Waals surface area contributed by atoms with E-state index >= 15 is 0 Å². The molecule has 24 heavy (non-hydrogen) atoms. The summed E-state index contributed by atoms with van der Waals surface area (Å²) >= 11 is 0. The van der Waals surface area contributed by atoms with Crippen LogP contribution in [-0.4, -0.2) is 54.4 Å². The predicted octanol–water partition coefficient (Wildman–Crippen LogP) is 3.00. The molecule has 0 saturated carbocycles. The third kappa shape index (κ3) is 4.26. The number of likely N-dealkylation sites (N-methyl/N-ethyl adjacent to an activating group) is 1. The number of hydrogen-bond acceptors (Lipinski definition) is 4. The largest absolute Gasteiger partial charge is 0.478 e. The van der Waals surface area contributed by atoms with E-state index < -0.39 is 17.7 Å². The van der Waals surface area contributed by atoms with Crippen LogP contribution < -0.4 is 4.90 Å². The maximum Gasteiger partial charge on any atom is 0.414 e. The molecular weight excluding hydrogens is 308 g/mol. The first-order valence-corrected chi connectivity index (χ1v) is 8.11. The average Bonchev–Trinajstić information content (AvgIpc) is 2.64. The number of aryl methyl sites for hydroxylation is 1. The van der Waals surface area contributed by atoms with E-state index in [-0.39, 0.29) is 11.6 Å². The molecule has 0 saturated heterocycles. The van der Waals surface area contributed by atoms with Gasteiger partial charge in [0.25, 0.3) is 0 Å². The molecule has 1 aliphatic heterocycles. The van der Waals surface area contributed by atoms with Gasteiger partial charge in [-0.2, -0.15) is 0 Å². The summed E-state index contributed by atoms with van der Waals surface area (Å²) in [5.41, 5.74) is 1.25. The zero-order valence-corrected chi connectivity index (χ0v) is 15.0. The van der Waals surface area contributed by atoms with Gasteiger partial charge in [0.1, 0.15) is 5.60 Å². The second-order valence-electron chi connectivity index (χ2n) is 7.40. The maximum atomic E-state index is 12.7. The summed E-state index contributed by atoms with van der Waals surface area (Å²) in [6, 6.07) is 5.08. The minimum atomic E-state index is -0.963. The summed E-state index contributed by atoms with van der Waals surface area (Å²) in [6.07, 6.45) is 1.17. The lowest BCUT2D eigenvalue weighted by Gasteiger charge is -2.31. The standard InChI is InChI=1S/C18H26N2O4/c1-18(2,3)24-17(23)20-11-14(19(4)5)8-6-12-10-13(16(21)22)7-9-15(12)20/h7,9-10,14H,6,8,11H2,1-5H3,(H,21,22)/t14-/m0/s1. The summed E-state index contributed by atoms with van der Waals surface area (Å²) in [7, 11) is 3.97. The number of benzene rings is 1. The molecule has 0 bridgehead atoms. The van der Waals surface area contributed by atoms with Gasteiger partial charge in [0.05, 0.1) is 11.3 Å². The first-order chi connectivity index (χ1) is 11.1. The van der Waals surface area contributed by atoms with Crippen molar-refractivity contribution in [3.8, 4) is 0 Å². The fourth-order valence-corrected chi connectivity index (χ4v) is 2.82. The van der Waals surface area contributed by atoms with Gasteiger partial charge in [-0.25, -0.2) is 9.59 Å². The van der Waals surface area contributed by atoms with Crippen molar-refractivity contribution in [3.05, 3.63) is 29.3 Å².